The molecule has 3 aliphatic heterocycles. The van der Waals surface area contributed by atoms with Crippen molar-refractivity contribution in [2.45, 2.75) is 18.5 Å². The zero-order chi connectivity index (χ0) is 18.2. The molecule has 0 unspecified atom stereocenters. The first-order chi connectivity index (χ1) is 12.0. The van der Waals surface area contributed by atoms with E-state index >= 15 is 0 Å². The molecule has 0 saturated carbocycles. The first kappa shape index (κ1) is 16.5. The molecule has 0 spiro atoms. The third-order valence-electron chi connectivity index (χ3n) is 4.84. The molecule has 0 aromatic heterocycles. The molecule has 0 aliphatic carbocycles. The Morgan fingerprint density at radius 2 is 1.84 bits per heavy atom. The van der Waals surface area contributed by atoms with Crippen molar-refractivity contribution >= 4 is 11.9 Å². The lowest BCUT2D eigenvalue weighted by atomic mass is 9.63. The van der Waals surface area contributed by atoms with Gasteiger partial charge in [-0.05, 0) is 12.5 Å². The third-order valence-corrected chi connectivity index (χ3v) is 4.84. The summed E-state index contributed by atoms with van der Waals surface area (Å²) >= 11 is 0. The zero-order valence-electron chi connectivity index (χ0n) is 13.7. The Labute approximate surface area is 144 Å². The molecule has 3 saturated heterocycles. The van der Waals surface area contributed by atoms with Gasteiger partial charge in [0.2, 0.25) is 5.91 Å². The summed E-state index contributed by atoms with van der Waals surface area (Å²) in [4.78, 5) is 25.2. The fourth-order valence-corrected chi connectivity index (χ4v) is 3.84. The number of carbonyl (C=O) groups excluding carboxylic acids is 2. The molecule has 2 bridgehead atoms. The van der Waals surface area contributed by atoms with Gasteiger partial charge in [-0.3, -0.25) is 9.59 Å². The lowest BCUT2D eigenvalue weighted by molar-refractivity contribution is -0.158. The van der Waals surface area contributed by atoms with Gasteiger partial charge < -0.3 is 15.4 Å². The van der Waals surface area contributed by atoms with Crippen LogP contribution in [0.4, 0.5) is 0 Å². The van der Waals surface area contributed by atoms with Crippen LogP contribution in [-0.4, -0.2) is 24.6 Å². The second kappa shape index (κ2) is 5.95. The van der Waals surface area contributed by atoms with Crippen LogP contribution in [0.2, 0.25) is 0 Å². The highest BCUT2D eigenvalue weighted by atomic mass is 16.5. The second-order valence-electron chi connectivity index (χ2n) is 6.24. The molecule has 3 fully saturated rings. The van der Waals surface area contributed by atoms with Crippen molar-refractivity contribution < 1.29 is 14.3 Å². The summed E-state index contributed by atoms with van der Waals surface area (Å²) in [5.74, 6) is -2.88. The maximum atomic E-state index is 12.7. The minimum absolute atomic E-state index is 0.157. The highest BCUT2D eigenvalue weighted by molar-refractivity contribution is 5.91. The van der Waals surface area contributed by atoms with Crippen molar-refractivity contribution in [3.05, 3.63) is 47.2 Å². The molecule has 4 atom stereocenters. The number of ether oxygens (including phenoxy) is 1. The highest BCUT2D eigenvalue weighted by Gasteiger charge is 2.61. The average molecular weight is 336 g/mol. The van der Waals surface area contributed by atoms with Crippen LogP contribution < -0.4 is 10.6 Å². The summed E-state index contributed by atoms with van der Waals surface area (Å²) < 4.78 is 4.97. The van der Waals surface area contributed by atoms with E-state index in [0.717, 1.165) is 5.56 Å². The Balaban J connectivity index is 2.26. The normalized spacial score (nSPS) is 29.7. The number of nitriles is 2. The molecule has 7 heteroatoms. The fraction of sp³-hybridized carbons (Fsp3) is 0.333. The predicted molar refractivity (Wildman–Crippen MR) is 86.1 cm³/mol. The monoisotopic (exact) mass is 336 g/mol. The van der Waals surface area contributed by atoms with E-state index in [0.29, 0.717) is 0 Å². The van der Waals surface area contributed by atoms with Crippen LogP contribution in [0, 0.1) is 34.5 Å². The molecule has 1 amide bonds. The molecule has 1 aromatic carbocycles. The van der Waals surface area contributed by atoms with Crippen molar-refractivity contribution in [1.29, 1.82) is 10.5 Å². The summed E-state index contributed by atoms with van der Waals surface area (Å²) in [5.41, 5.74) is -0.285. The summed E-state index contributed by atoms with van der Waals surface area (Å²) in [5, 5.41) is 24.3. The van der Waals surface area contributed by atoms with Crippen molar-refractivity contribution in [2.24, 2.45) is 11.8 Å². The van der Waals surface area contributed by atoms with Crippen LogP contribution in [0.15, 0.2) is 41.6 Å². The number of benzene rings is 1. The molecule has 25 heavy (non-hydrogen) atoms. The molecule has 1 aromatic rings. The third kappa shape index (κ3) is 2.41. The van der Waals surface area contributed by atoms with Gasteiger partial charge in [-0.15, -0.1) is 0 Å². The van der Waals surface area contributed by atoms with E-state index in [1.165, 1.54) is 7.11 Å². The van der Waals surface area contributed by atoms with Gasteiger partial charge in [0.15, 0.2) is 0 Å². The van der Waals surface area contributed by atoms with Crippen LogP contribution in [0.1, 0.15) is 18.4 Å². The summed E-state index contributed by atoms with van der Waals surface area (Å²) in [7, 11) is 1.30. The summed E-state index contributed by atoms with van der Waals surface area (Å²) in [6.45, 7) is 1.66. The lowest BCUT2D eigenvalue weighted by Gasteiger charge is -2.55. The van der Waals surface area contributed by atoms with Crippen LogP contribution in [-0.2, 0) is 14.3 Å². The Kier molecular flexibility index (Phi) is 3.94. The van der Waals surface area contributed by atoms with Crippen LogP contribution in [0.3, 0.4) is 0 Å². The maximum absolute atomic E-state index is 12.7. The second-order valence-corrected chi connectivity index (χ2v) is 6.24. The number of hydrogen-bond donors (Lipinski definition) is 2. The van der Waals surface area contributed by atoms with Crippen molar-refractivity contribution in [3.63, 3.8) is 0 Å². The topological polar surface area (TPSA) is 115 Å². The van der Waals surface area contributed by atoms with E-state index in [9.17, 15) is 20.1 Å². The number of esters is 1. The maximum Gasteiger partial charge on any atom is 0.313 e. The largest absolute Gasteiger partial charge is 0.469 e. The molecule has 7 nitrogen and oxygen atoms in total. The Hall–Kier alpha value is -3.32. The number of nitrogens with one attached hydrogen (secondary N) is 2. The molecule has 3 aliphatic rings. The van der Waals surface area contributed by atoms with Gasteiger partial charge >= 0.3 is 5.97 Å². The minimum Gasteiger partial charge on any atom is -0.469 e. The number of methoxy groups -OCH3 is 1. The number of hydrogen-bond acceptors (Lipinski definition) is 6. The Morgan fingerprint density at radius 1 is 1.20 bits per heavy atom. The van der Waals surface area contributed by atoms with Crippen molar-refractivity contribution in [2.75, 3.05) is 7.11 Å². The van der Waals surface area contributed by atoms with Gasteiger partial charge in [0.1, 0.15) is 29.3 Å². The average Bonchev–Trinajstić information content (AvgIpc) is 2.61. The minimum atomic E-state index is -1.16. The van der Waals surface area contributed by atoms with E-state index in [-0.39, 0.29) is 17.2 Å². The Bertz CT molecular complexity index is 833. The zero-order valence-corrected chi connectivity index (χ0v) is 13.7. The molecular formula is C18H16N4O3. The van der Waals surface area contributed by atoms with Crippen LogP contribution in [0.25, 0.3) is 0 Å². The van der Waals surface area contributed by atoms with Gasteiger partial charge in [0.05, 0.1) is 18.7 Å². The molecule has 3 heterocycles. The number of carbonyl (C=O) groups is 2. The number of nitrogens with zero attached hydrogens (tertiary/aromatic N) is 2. The van der Waals surface area contributed by atoms with Crippen LogP contribution in [0.5, 0.6) is 0 Å². The SMILES string of the molecule is COC(=O)[C@@H]1[C@H](c2ccccc2)[C@@H]2C(=O)N[C@@]1(C)NC2=C(C#N)C#N. The molecular weight excluding hydrogens is 320 g/mol. The standard InChI is InChI=1S/C18H16N4O3/c1-18-14(17(24)25-2)12(10-6-4-3-5-7-10)13(16(23)22-18)15(21-18)11(8-19)9-20/h3-7,12-14,21H,1-2H3,(H,22,23)/t12-,13+,14+,18-/m1/s1. The number of fused-ring (bicyclic) bond motifs is 3. The van der Waals surface area contributed by atoms with Crippen LogP contribution >= 0.6 is 0 Å². The summed E-state index contributed by atoms with van der Waals surface area (Å²) in [6.07, 6.45) is 0. The van der Waals surface area contributed by atoms with E-state index in [4.69, 9.17) is 4.74 Å². The van der Waals surface area contributed by atoms with Crippen molar-refractivity contribution in [1.82, 2.24) is 10.6 Å². The van der Waals surface area contributed by atoms with Gasteiger partial charge in [-0.25, -0.2) is 0 Å². The Morgan fingerprint density at radius 3 is 2.40 bits per heavy atom. The van der Waals surface area contributed by atoms with Gasteiger partial charge in [0, 0.05) is 5.92 Å². The number of piperidine rings is 2. The molecule has 0 radical (unpaired) electrons. The highest BCUT2D eigenvalue weighted by Crippen LogP contribution is 2.49. The van der Waals surface area contributed by atoms with Gasteiger partial charge in [-0.1, -0.05) is 30.3 Å². The van der Waals surface area contributed by atoms with E-state index in [1.54, 1.807) is 6.92 Å². The number of allylic oxidation sites excluding steroid dienone is 1. The summed E-state index contributed by atoms with van der Waals surface area (Å²) in [6, 6.07) is 12.8. The molecule has 4 rings (SSSR count). The smallest absolute Gasteiger partial charge is 0.313 e. The number of rotatable bonds is 2. The van der Waals surface area contributed by atoms with E-state index in [1.807, 2.05) is 42.5 Å². The fourth-order valence-electron chi connectivity index (χ4n) is 3.84. The van der Waals surface area contributed by atoms with E-state index < -0.39 is 29.4 Å². The lowest BCUT2D eigenvalue weighted by Crippen LogP contribution is -2.75. The quantitative estimate of drug-likeness (QED) is 0.613. The van der Waals surface area contributed by atoms with Gasteiger partial charge in [-0.2, -0.15) is 10.5 Å². The molecule has 2 N–H and O–H groups in total. The number of amides is 1. The van der Waals surface area contributed by atoms with Gasteiger partial charge in [0.25, 0.3) is 0 Å². The first-order valence-electron chi connectivity index (χ1n) is 7.74. The predicted octanol–water partition coefficient (Wildman–Crippen LogP) is 0.926. The molecule has 126 valence electrons. The first-order valence-corrected chi connectivity index (χ1v) is 7.74. The van der Waals surface area contributed by atoms with Crippen molar-refractivity contribution in [3.8, 4) is 12.1 Å². The van der Waals surface area contributed by atoms with E-state index in [2.05, 4.69) is 10.6 Å².